The van der Waals surface area contributed by atoms with Crippen molar-refractivity contribution in [2.24, 2.45) is 5.73 Å². The van der Waals surface area contributed by atoms with Crippen molar-refractivity contribution in [1.29, 1.82) is 0 Å². The summed E-state index contributed by atoms with van der Waals surface area (Å²) in [4.78, 5) is 11.2. The first-order chi connectivity index (χ1) is 9.94. The Kier molecular flexibility index (Phi) is 4.97. The molecule has 1 aromatic rings. The number of amides is 1. The normalized spacial score (nSPS) is 20.3. The van der Waals surface area contributed by atoms with Crippen LogP contribution >= 0.6 is 0 Å². The van der Waals surface area contributed by atoms with E-state index in [0.717, 1.165) is 19.4 Å². The molecule has 116 valence electrons. The number of benzene rings is 1. The van der Waals surface area contributed by atoms with Crippen molar-refractivity contribution < 1.29 is 13.2 Å². The van der Waals surface area contributed by atoms with Crippen LogP contribution in [-0.2, 0) is 10.0 Å². The average molecular weight is 311 g/mol. The summed E-state index contributed by atoms with van der Waals surface area (Å²) in [6.45, 7) is 2.87. The molecule has 0 aromatic heterocycles. The van der Waals surface area contributed by atoms with Crippen LogP contribution in [0.1, 0.15) is 36.5 Å². The highest BCUT2D eigenvalue weighted by molar-refractivity contribution is 7.89. The number of sulfonamides is 1. The summed E-state index contributed by atoms with van der Waals surface area (Å²) in [6.07, 6.45) is 2.72. The van der Waals surface area contributed by atoms with E-state index in [0.29, 0.717) is 6.42 Å². The van der Waals surface area contributed by atoms with Crippen LogP contribution in [0.3, 0.4) is 0 Å². The molecule has 1 aliphatic rings. The van der Waals surface area contributed by atoms with Gasteiger partial charge < -0.3 is 11.1 Å². The molecular formula is C14H21N3O3S. The van der Waals surface area contributed by atoms with E-state index in [9.17, 15) is 13.2 Å². The largest absolute Gasteiger partial charge is 0.366 e. The van der Waals surface area contributed by atoms with Crippen molar-refractivity contribution in [2.45, 2.75) is 43.2 Å². The lowest BCUT2D eigenvalue weighted by Gasteiger charge is -2.23. The summed E-state index contributed by atoms with van der Waals surface area (Å²) in [7, 11) is -3.66. The molecule has 1 amide bonds. The molecule has 1 aromatic carbocycles. The lowest BCUT2D eigenvalue weighted by atomic mass is 10.1. The van der Waals surface area contributed by atoms with Crippen molar-refractivity contribution in [1.82, 2.24) is 10.0 Å². The Morgan fingerprint density at radius 1 is 1.52 bits per heavy atom. The van der Waals surface area contributed by atoms with E-state index in [4.69, 9.17) is 5.73 Å². The Morgan fingerprint density at radius 3 is 2.86 bits per heavy atom. The quantitative estimate of drug-likeness (QED) is 0.716. The van der Waals surface area contributed by atoms with Gasteiger partial charge >= 0.3 is 0 Å². The molecule has 0 saturated carbocycles. The van der Waals surface area contributed by atoms with Gasteiger partial charge in [-0.2, -0.15) is 0 Å². The molecule has 1 aliphatic heterocycles. The Morgan fingerprint density at radius 2 is 2.29 bits per heavy atom. The predicted octanol–water partition coefficient (Wildman–Crippen LogP) is 0.594. The van der Waals surface area contributed by atoms with Gasteiger partial charge in [0, 0.05) is 17.6 Å². The maximum absolute atomic E-state index is 12.4. The fourth-order valence-electron chi connectivity index (χ4n) is 2.59. The maximum Gasteiger partial charge on any atom is 0.248 e. The van der Waals surface area contributed by atoms with Crippen molar-refractivity contribution in [3.8, 4) is 0 Å². The monoisotopic (exact) mass is 311 g/mol. The van der Waals surface area contributed by atoms with E-state index >= 15 is 0 Å². The van der Waals surface area contributed by atoms with Gasteiger partial charge in [-0.15, -0.1) is 0 Å². The summed E-state index contributed by atoms with van der Waals surface area (Å²) in [5.74, 6) is -0.642. The standard InChI is InChI=1S/C14H21N3O3S/c1-2-12(13-7-4-8-16-13)17-21(19,20)11-6-3-5-10(9-11)14(15)18/h3,5-6,9,12-13,16-17H,2,4,7-8H2,1H3,(H2,15,18). The van der Waals surface area contributed by atoms with Gasteiger partial charge in [0.25, 0.3) is 0 Å². The van der Waals surface area contributed by atoms with Crippen molar-refractivity contribution in [3.05, 3.63) is 29.8 Å². The predicted molar refractivity (Wildman–Crippen MR) is 80.4 cm³/mol. The first-order valence-electron chi connectivity index (χ1n) is 7.09. The Balaban J connectivity index is 2.20. The van der Waals surface area contributed by atoms with Gasteiger partial charge in [0.2, 0.25) is 15.9 Å². The molecule has 2 unspecified atom stereocenters. The van der Waals surface area contributed by atoms with Crippen LogP contribution in [0.4, 0.5) is 0 Å². The highest BCUT2D eigenvalue weighted by Gasteiger charge is 2.28. The van der Waals surface area contributed by atoms with Crippen LogP contribution in [0.15, 0.2) is 29.2 Å². The average Bonchev–Trinajstić information content (AvgIpc) is 2.99. The number of hydrogen-bond donors (Lipinski definition) is 3. The molecule has 0 aliphatic carbocycles. The zero-order chi connectivity index (χ0) is 15.5. The molecule has 1 heterocycles. The smallest absolute Gasteiger partial charge is 0.248 e. The van der Waals surface area contributed by atoms with Gasteiger partial charge in [-0.05, 0) is 44.0 Å². The lowest BCUT2D eigenvalue weighted by molar-refractivity contribution is 0.1000. The van der Waals surface area contributed by atoms with Crippen LogP contribution in [0.2, 0.25) is 0 Å². The van der Waals surface area contributed by atoms with Crippen LogP contribution < -0.4 is 15.8 Å². The highest BCUT2D eigenvalue weighted by Crippen LogP contribution is 2.16. The van der Waals surface area contributed by atoms with E-state index in [-0.39, 0.29) is 22.5 Å². The van der Waals surface area contributed by atoms with E-state index in [1.165, 1.54) is 24.3 Å². The number of hydrogen-bond acceptors (Lipinski definition) is 4. The van der Waals surface area contributed by atoms with E-state index in [1.54, 1.807) is 0 Å². The third kappa shape index (κ3) is 3.81. The van der Waals surface area contributed by atoms with E-state index < -0.39 is 15.9 Å². The number of nitrogens with two attached hydrogens (primary N) is 1. The van der Waals surface area contributed by atoms with Crippen LogP contribution in [-0.4, -0.2) is 33.0 Å². The zero-order valence-electron chi connectivity index (χ0n) is 12.0. The molecule has 0 radical (unpaired) electrons. The first-order valence-corrected chi connectivity index (χ1v) is 8.58. The SMILES string of the molecule is CCC(NS(=O)(=O)c1cccc(C(N)=O)c1)C1CCCN1. The summed E-state index contributed by atoms with van der Waals surface area (Å²) < 4.78 is 27.6. The fourth-order valence-corrected chi connectivity index (χ4v) is 3.99. The number of nitrogens with one attached hydrogen (secondary N) is 2. The second-order valence-corrected chi connectivity index (χ2v) is 6.94. The first kappa shape index (κ1) is 15.9. The Labute approximate surface area is 125 Å². The minimum Gasteiger partial charge on any atom is -0.366 e. The molecule has 7 heteroatoms. The van der Waals surface area contributed by atoms with Gasteiger partial charge in [-0.25, -0.2) is 13.1 Å². The summed E-state index contributed by atoms with van der Waals surface area (Å²) in [5.41, 5.74) is 5.37. The fraction of sp³-hybridized carbons (Fsp3) is 0.500. The third-order valence-corrected chi connectivity index (χ3v) is 5.25. The zero-order valence-corrected chi connectivity index (χ0v) is 12.8. The molecule has 0 bridgehead atoms. The minimum absolute atomic E-state index is 0.0650. The number of carbonyl (C=O) groups is 1. The molecule has 6 nitrogen and oxygen atoms in total. The number of carbonyl (C=O) groups excluding carboxylic acids is 1. The second-order valence-electron chi connectivity index (χ2n) is 5.23. The Bertz CT molecular complexity index is 610. The molecule has 21 heavy (non-hydrogen) atoms. The van der Waals surface area contributed by atoms with Gasteiger partial charge in [-0.3, -0.25) is 4.79 Å². The van der Waals surface area contributed by atoms with Gasteiger partial charge in [0.1, 0.15) is 0 Å². The van der Waals surface area contributed by atoms with Crippen LogP contribution in [0, 0.1) is 0 Å². The molecule has 2 rings (SSSR count). The molecule has 2 atom stereocenters. The number of rotatable bonds is 6. The van der Waals surface area contributed by atoms with Crippen molar-refractivity contribution in [3.63, 3.8) is 0 Å². The molecular weight excluding hydrogens is 290 g/mol. The maximum atomic E-state index is 12.4. The highest BCUT2D eigenvalue weighted by atomic mass is 32.2. The van der Waals surface area contributed by atoms with Gasteiger partial charge in [0.05, 0.1) is 4.90 Å². The second kappa shape index (κ2) is 6.55. The topological polar surface area (TPSA) is 101 Å². The van der Waals surface area contributed by atoms with Crippen LogP contribution in [0.25, 0.3) is 0 Å². The third-order valence-electron chi connectivity index (χ3n) is 3.76. The van der Waals surface area contributed by atoms with E-state index in [1.807, 2.05) is 6.92 Å². The summed E-state index contributed by atoms with van der Waals surface area (Å²) in [5, 5.41) is 3.31. The lowest BCUT2D eigenvalue weighted by Crippen LogP contribution is -2.46. The van der Waals surface area contributed by atoms with Crippen LogP contribution in [0.5, 0.6) is 0 Å². The van der Waals surface area contributed by atoms with Crippen molar-refractivity contribution >= 4 is 15.9 Å². The summed E-state index contributed by atoms with van der Waals surface area (Å²) >= 11 is 0. The Hall–Kier alpha value is -1.44. The van der Waals surface area contributed by atoms with Gasteiger partial charge in [-0.1, -0.05) is 13.0 Å². The molecule has 1 fully saturated rings. The summed E-state index contributed by atoms with van der Waals surface area (Å²) in [6, 6.07) is 5.78. The van der Waals surface area contributed by atoms with E-state index in [2.05, 4.69) is 10.0 Å². The van der Waals surface area contributed by atoms with Gasteiger partial charge in [0.15, 0.2) is 0 Å². The molecule has 1 saturated heterocycles. The molecule has 4 N–H and O–H groups in total. The molecule has 0 spiro atoms. The minimum atomic E-state index is -3.66. The van der Waals surface area contributed by atoms with Crippen molar-refractivity contribution in [2.75, 3.05) is 6.54 Å². The number of primary amides is 1.